The quantitative estimate of drug-likeness (QED) is 0.315. The number of alkyl halides is 1. The summed E-state index contributed by atoms with van der Waals surface area (Å²) < 4.78 is 11.4. The zero-order valence-corrected chi connectivity index (χ0v) is 17.7. The van der Waals surface area contributed by atoms with Crippen LogP contribution in [0, 0.1) is 17.3 Å². The first-order chi connectivity index (χ1) is 14.7. The third kappa shape index (κ3) is 5.33. The van der Waals surface area contributed by atoms with E-state index in [1.807, 2.05) is 42.5 Å². The molecule has 2 saturated heterocycles. The van der Waals surface area contributed by atoms with Gasteiger partial charge in [-0.25, -0.2) is 0 Å². The second-order valence-electron chi connectivity index (χ2n) is 8.22. The largest absolute Gasteiger partial charge is 0.380 e. The van der Waals surface area contributed by atoms with Crippen molar-refractivity contribution in [2.45, 2.75) is 24.3 Å². The third-order valence-corrected chi connectivity index (χ3v) is 6.22. The van der Waals surface area contributed by atoms with E-state index >= 15 is 0 Å². The summed E-state index contributed by atoms with van der Waals surface area (Å²) >= 11 is 6.50. The van der Waals surface area contributed by atoms with Crippen molar-refractivity contribution in [3.05, 3.63) is 53.6 Å². The Balaban J connectivity index is 1.19. The summed E-state index contributed by atoms with van der Waals surface area (Å²) in [5, 5.41) is 2.38. The van der Waals surface area contributed by atoms with E-state index in [1.165, 1.54) is 13.0 Å². The number of hydrogen-bond donors (Lipinski definition) is 1. The van der Waals surface area contributed by atoms with Crippen LogP contribution in [0.4, 0.5) is 5.69 Å². The molecule has 1 aliphatic carbocycles. The van der Waals surface area contributed by atoms with Crippen molar-refractivity contribution >= 4 is 23.7 Å². The number of ether oxygens (including phenoxy) is 2. The van der Waals surface area contributed by atoms with Crippen LogP contribution < -0.4 is 5.32 Å². The topological polar surface area (TPSA) is 50.8 Å². The van der Waals surface area contributed by atoms with Gasteiger partial charge in [0.25, 0.3) is 0 Å². The van der Waals surface area contributed by atoms with Crippen molar-refractivity contribution in [1.82, 2.24) is 4.90 Å². The zero-order valence-electron chi connectivity index (χ0n) is 17.0. The number of nitrogens with one attached hydrogen (secondary N) is 1. The van der Waals surface area contributed by atoms with Gasteiger partial charge in [-0.3, -0.25) is 4.79 Å². The first kappa shape index (κ1) is 21.1. The molecule has 30 heavy (non-hydrogen) atoms. The highest BCUT2D eigenvalue weighted by molar-refractivity contribution is 6.22. The van der Waals surface area contributed by atoms with Crippen molar-refractivity contribution in [3.63, 3.8) is 0 Å². The van der Waals surface area contributed by atoms with Gasteiger partial charge in [-0.05, 0) is 55.8 Å². The summed E-state index contributed by atoms with van der Waals surface area (Å²) in [7, 11) is 0. The highest BCUT2D eigenvalue weighted by Crippen LogP contribution is 2.37. The molecule has 6 heteroatoms. The van der Waals surface area contributed by atoms with Crippen molar-refractivity contribution in [2.75, 3.05) is 44.8 Å². The SMILES string of the molecule is O=CNc1ccc(C#CC2=CC(Cl)C(OCCCN3CCC4(COC4)C3)C=C2)cc1. The van der Waals surface area contributed by atoms with Gasteiger partial charge >= 0.3 is 0 Å². The monoisotopic (exact) mass is 426 g/mol. The van der Waals surface area contributed by atoms with Crippen LogP contribution in [0.1, 0.15) is 18.4 Å². The Morgan fingerprint density at radius 2 is 2.13 bits per heavy atom. The van der Waals surface area contributed by atoms with Gasteiger partial charge in [0.05, 0.1) is 24.7 Å². The molecule has 0 bridgehead atoms. The smallest absolute Gasteiger partial charge is 0.211 e. The predicted octanol–water partition coefficient (Wildman–Crippen LogP) is 3.21. The number of carbonyl (C=O) groups is 1. The molecule has 1 N–H and O–H groups in total. The van der Waals surface area contributed by atoms with Gasteiger partial charge < -0.3 is 19.7 Å². The van der Waals surface area contributed by atoms with Crippen LogP contribution in [0.25, 0.3) is 0 Å². The lowest BCUT2D eigenvalue weighted by atomic mass is 9.85. The Hall–Kier alpha value is -2.10. The van der Waals surface area contributed by atoms with Crippen LogP contribution in [0.15, 0.2) is 48.1 Å². The summed E-state index contributed by atoms with van der Waals surface area (Å²) in [5.41, 5.74) is 2.96. The fraction of sp³-hybridized carbons (Fsp3) is 0.458. The lowest BCUT2D eigenvalue weighted by molar-refractivity contribution is -0.105. The average Bonchev–Trinajstić information content (AvgIpc) is 3.17. The van der Waals surface area contributed by atoms with E-state index in [2.05, 4.69) is 22.1 Å². The Bertz CT molecular complexity index is 865. The molecule has 3 aliphatic rings. The first-order valence-corrected chi connectivity index (χ1v) is 10.9. The van der Waals surface area contributed by atoms with Gasteiger partial charge in [-0.2, -0.15) is 0 Å². The number of allylic oxidation sites excluding steroid dienone is 2. The van der Waals surface area contributed by atoms with Crippen LogP contribution in [0.2, 0.25) is 0 Å². The van der Waals surface area contributed by atoms with Crippen molar-refractivity contribution in [1.29, 1.82) is 0 Å². The fourth-order valence-electron chi connectivity index (χ4n) is 4.07. The van der Waals surface area contributed by atoms with Gasteiger partial charge in [0.15, 0.2) is 0 Å². The third-order valence-electron chi connectivity index (χ3n) is 5.84. The second kappa shape index (κ2) is 9.80. The normalized spacial score (nSPS) is 24.6. The van der Waals surface area contributed by atoms with E-state index in [4.69, 9.17) is 21.1 Å². The molecular weight excluding hydrogens is 400 g/mol. The van der Waals surface area contributed by atoms with Gasteiger partial charge in [-0.15, -0.1) is 11.6 Å². The summed E-state index contributed by atoms with van der Waals surface area (Å²) in [6, 6.07) is 7.38. The first-order valence-electron chi connectivity index (χ1n) is 10.4. The van der Waals surface area contributed by atoms with E-state index in [0.29, 0.717) is 18.4 Å². The standard InChI is InChI=1S/C24H27ClN2O3/c25-22-14-20(3-2-19-4-7-21(8-5-19)26-18-28)6-9-23(22)30-13-1-11-27-12-10-24(15-27)16-29-17-24/h4-9,14,18,22-23H,1,10-13,15-17H2,(H,26,28). The minimum absolute atomic E-state index is 0.115. The van der Waals surface area contributed by atoms with Crippen LogP contribution in [-0.4, -0.2) is 62.2 Å². The predicted molar refractivity (Wildman–Crippen MR) is 119 cm³/mol. The molecule has 0 aromatic heterocycles. The maximum Gasteiger partial charge on any atom is 0.211 e. The number of nitrogens with zero attached hydrogens (tertiary/aromatic N) is 1. The molecule has 1 spiro atoms. The van der Waals surface area contributed by atoms with E-state index in [-0.39, 0.29) is 11.5 Å². The molecule has 4 rings (SSSR count). The maximum atomic E-state index is 10.4. The highest BCUT2D eigenvalue weighted by atomic mass is 35.5. The number of anilines is 1. The number of carbonyl (C=O) groups excluding carboxylic acids is 1. The van der Waals surface area contributed by atoms with Crippen molar-refractivity contribution in [2.24, 2.45) is 5.41 Å². The lowest BCUT2D eigenvalue weighted by Crippen LogP contribution is -2.44. The molecule has 1 aromatic carbocycles. The van der Waals surface area contributed by atoms with Crippen LogP contribution >= 0.6 is 11.6 Å². The van der Waals surface area contributed by atoms with Crippen molar-refractivity contribution < 1.29 is 14.3 Å². The molecule has 1 aromatic rings. The number of hydrogen-bond acceptors (Lipinski definition) is 4. The Labute approximate surface area is 183 Å². The molecule has 0 saturated carbocycles. The molecule has 2 aliphatic heterocycles. The minimum atomic E-state index is -0.222. The van der Waals surface area contributed by atoms with E-state index in [9.17, 15) is 4.79 Å². The Morgan fingerprint density at radius 3 is 2.80 bits per heavy atom. The Morgan fingerprint density at radius 1 is 1.30 bits per heavy atom. The van der Waals surface area contributed by atoms with Crippen LogP contribution in [0.3, 0.4) is 0 Å². The number of halogens is 1. The van der Waals surface area contributed by atoms with Crippen molar-refractivity contribution in [3.8, 4) is 11.8 Å². The van der Waals surface area contributed by atoms with E-state index < -0.39 is 0 Å². The minimum Gasteiger partial charge on any atom is -0.380 e. The van der Waals surface area contributed by atoms with Gasteiger partial charge in [0.1, 0.15) is 0 Å². The summed E-state index contributed by atoms with van der Waals surface area (Å²) in [6.07, 6.45) is 8.73. The molecule has 2 unspecified atom stereocenters. The fourth-order valence-corrected chi connectivity index (χ4v) is 4.36. The molecule has 5 nitrogen and oxygen atoms in total. The maximum absolute atomic E-state index is 10.4. The molecular formula is C24H27ClN2O3. The number of likely N-dealkylation sites (tertiary alicyclic amines) is 1. The number of benzene rings is 1. The molecule has 158 valence electrons. The Kier molecular flexibility index (Phi) is 6.91. The molecule has 2 fully saturated rings. The zero-order chi connectivity index (χ0) is 20.8. The molecule has 2 atom stereocenters. The number of rotatable bonds is 7. The van der Waals surface area contributed by atoms with Crippen LogP contribution in [0.5, 0.6) is 0 Å². The molecule has 0 radical (unpaired) electrons. The van der Waals surface area contributed by atoms with Gasteiger partial charge in [-0.1, -0.05) is 17.9 Å². The average molecular weight is 427 g/mol. The van der Waals surface area contributed by atoms with Gasteiger partial charge in [0.2, 0.25) is 6.41 Å². The molecule has 2 heterocycles. The summed E-state index contributed by atoms with van der Waals surface area (Å²) in [6.45, 7) is 5.97. The number of amides is 1. The van der Waals surface area contributed by atoms with Crippen LogP contribution in [-0.2, 0) is 14.3 Å². The van der Waals surface area contributed by atoms with E-state index in [0.717, 1.165) is 49.5 Å². The summed E-state index contributed by atoms with van der Waals surface area (Å²) in [4.78, 5) is 13.0. The van der Waals surface area contributed by atoms with Gasteiger partial charge in [0, 0.05) is 41.9 Å². The lowest BCUT2D eigenvalue weighted by Gasteiger charge is -2.37. The molecule has 1 amide bonds. The highest BCUT2D eigenvalue weighted by Gasteiger charge is 2.43. The summed E-state index contributed by atoms with van der Waals surface area (Å²) in [5.74, 6) is 6.26. The van der Waals surface area contributed by atoms with E-state index in [1.54, 1.807) is 0 Å². The second-order valence-corrected chi connectivity index (χ2v) is 8.73.